The summed E-state index contributed by atoms with van der Waals surface area (Å²) in [6, 6.07) is 9.75. The predicted molar refractivity (Wildman–Crippen MR) is 119 cm³/mol. The molecule has 1 aromatic carbocycles. The topological polar surface area (TPSA) is 117 Å². The first-order valence-electron chi connectivity index (χ1n) is 10.8. The van der Waals surface area contributed by atoms with Crippen molar-refractivity contribution in [3.05, 3.63) is 64.0 Å². The minimum atomic E-state index is -0.487. The second-order valence-electron chi connectivity index (χ2n) is 8.33. The van der Waals surface area contributed by atoms with Crippen LogP contribution >= 0.6 is 0 Å². The molecule has 1 aliphatic carbocycles. The molecule has 0 unspecified atom stereocenters. The normalized spacial score (nSPS) is 16.3. The Labute approximate surface area is 182 Å². The van der Waals surface area contributed by atoms with Crippen LogP contribution in [0.25, 0.3) is 0 Å². The van der Waals surface area contributed by atoms with Crippen molar-refractivity contribution in [1.29, 1.82) is 0 Å². The van der Waals surface area contributed by atoms with E-state index in [1.807, 2.05) is 25.1 Å². The Morgan fingerprint density at radius 2 is 2.03 bits per heavy atom. The number of carbonyl (C=O) groups excluding carboxylic acids is 1. The summed E-state index contributed by atoms with van der Waals surface area (Å²) in [5.41, 5.74) is 1.11. The van der Waals surface area contributed by atoms with Gasteiger partial charge in [-0.25, -0.2) is 0 Å². The van der Waals surface area contributed by atoms with Crippen LogP contribution in [0, 0.1) is 15.5 Å². The summed E-state index contributed by atoms with van der Waals surface area (Å²) in [6.07, 6.45) is 7.64. The molecule has 166 valence electrons. The molecule has 8 nitrogen and oxygen atoms in total. The zero-order valence-electron chi connectivity index (χ0n) is 17.8. The van der Waals surface area contributed by atoms with Gasteiger partial charge in [0.05, 0.1) is 16.7 Å². The lowest BCUT2D eigenvalue weighted by Gasteiger charge is -2.37. The van der Waals surface area contributed by atoms with Gasteiger partial charge in [0.25, 0.3) is 11.6 Å². The number of rotatable bonds is 9. The molecule has 0 saturated heterocycles. The molecule has 1 fully saturated rings. The first-order valence-corrected chi connectivity index (χ1v) is 10.8. The third kappa shape index (κ3) is 5.79. The van der Waals surface area contributed by atoms with Gasteiger partial charge in [0.1, 0.15) is 5.69 Å². The van der Waals surface area contributed by atoms with Gasteiger partial charge in [-0.2, -0.15) is 0 Å². The molecule has 1 aromatic heterocycles. The average Bonchev–Trinajstić information content (AvgIpc) is 2.79. The number of hydrogen-bond acceptors (Lipinski definition) is 6. The van der Waals surface area contributed by atoms with E-state index in [-0.39, 0.29) is 35.2 Å². The van der Waals surface area contributed by atoms with E-state index in [4.69, 9.17) is 0 Å². The number of nitrogens with one attached hydrogen (secondary N) is 2. The van der Waals surface area contributed by atoms with Crippen LogP contribution in [-0.4, -0.2) is 34.1 Å². The Hall–Kier alpha value is -3.00. The molecule has 1 aliphatic rings. The van der Waals surface area contributed by atoms with Crippen LogP contribution in [0.1, 0.15) is 67.5 Å². The van der Waals surface area contributed by atoms with Gasteiger partial charge in [0.15, 0.2) is 0 Å². The molecule has 0 bridgehead atoms. The highest BCUT2D eigenvalue weighted by Crippen LogP contribution is 2.38. The standard InChI is InChI=1S/C23H30N4O4/c1-17(19-7-3-6-13-24-19)26-20-9-8-18(15-21(20)27(30)31)22(29)25-16-23(12-14-28)10-4-2-5-11-23/h3,6-9,13,15,17,26,28H,2,4-5,10-12,14,16H2,1H3,(H,25,29)/t17-/m0/s1. The second-order valence-corrected chi connectivity index (χ2v) is 8.33. The van der Waals surface area contributed by atoms with E-state index in [9.17, 15) is 20.0 Å². The van der Waals surface area contributed by atoms with Crippen LogP contribution in [0.2, 0.25) is 0 Å². The summed E-state index contributed by atoms with van der Waals surface area (Å²) in [7, 11) is 0. The van der Waals surface area contributed by atoms with Gasteiger partial charge in [0.2, 0.25) is 0 Å². The number of amides is 1. The van der Waals surface area contributed by atoms with Crippen molar-refractivity contribution in [2.45, 2.75) is 51.5 Å². The van der Waals surface area contributed by atoms with Crippen molar-refractivity contribution in [2.24, 2.45) is 5.41 Å². The number of nitro groups is 1. The lowest BCUT2D eigenvalue weighted by Crippen LogP contribution is -2.39. The van der Waals surface area contributed by atoms with Gasteiger partial charge in [-0.15, -0.1) is 0 Å². The maximum Gasteiger partial charge on any atom is 0.293 e. The zero-order valence-corrected chi connectivity index (χ0v) is 17.8. The molecule has 1 saturated carbocycles. The highest BCUT2D eigenvalue weighted by atomic mass is 16.6. The number of carbonyl (C=O) groups is 1. The maximum absolute atomic E-state index is 12.7. The molecule has 8 heteroatoms. The molecule has 0 radical (unpaired) electrons. The number of aliphatic hydroxyl groups excluding tert-OH is 1. The number of anilines is 1. The third-order valence-corrected chi connectivity index (χ3v) is 6.14. The third-order valence-electron chi connectivity index (χ3n) is 6.14. The fraction of sp³-hybridized carbons (Fsp3) is 0.478. The molecule has 1 atom stereocenters. The smallest absolute Gasteiger partial charge is 0.293 e. The lowest BCUT2D eigenvalue weighted by molar-refractivity contribution is -0.384. The first-order chi connectivity index (χ1) is 14.9. The number of benzene rings is 1. The number of pyridine rings is 1. The van der Waals surface area contributed by atoms with Crippen LogP contribution in [-0.2, 0) is 0 Å². The van der Waals surface area contributed by atoms with E-state index in [1.165, 1.54) is 12.5 Å². The fourth-order valence-electron chi connectivity index (χ4n) is 4.31. The van der Waals surface area contributed by atoms with Crippen molar-refractivity contribution in [2.75, 3.05) is 18.5 Å². The summed E-state index contributed by atoms with van der Waals surface area (Å²) < 4.78 is 0. The Bertz CT molecular complexity index is 892. The number of nitrogens with zero attached hydrogens (tertiary/aromatic N) is 2. The van der Waals surface area contributed by atoms with E-state index in [2.05, 4.69) is 15.6 Å². The van der Waals surface area contributed by atoms with Gasteiger partial charge in [0, 0.05) is 31.0 Å². The molecular formula is C23H30N4O4. The Balaban J connectivity index is 1.72. The largest absolute Gasteiger partial charge is 0.396 e. The zero-order chi connectivity index (χ0) is 22.3. The van der Waals surface area contributed by atoms with Crippen molar-refractivity contribution < 1.29 is 14.8 Å². The molecule has 0 aliphatic heterocycles. The fourth-order valence-corrected chi connectivity index (χ4v) is 4.31. The molecule has 0 spiro atoms. The second kappa shape index (κ2) is 10.3. The van der Waals surface area contributed by atoms with Gasteiger partial charge < -0.3 is 15.7 Å². The highest BCUT2D eigenvalue weighted by Gasteiger charge is 2.32. The Kier molecular flexibility index (Phi) is 7.57. The Morgan fingerprint density at radius 3 is 2.68 bits per heavy atom. The number of nitro benzene ring substituents is 1. The first kappa shape index (κ1) is 22.7. The number of aliphatic hydroxyl groups is 1. The molecular weight excluding hydrogens is 396 g/mol. The number of hydrogen-bond donors (Lipinski definition) is 3. The highest BCUT2D eigenvalue weighted by molar-refractivity contribution is 5.95. The van der Waals surface area contributed by atoms with Crippen molar-refractivity contribution in [3.8, 4) is 0 Å². The summed E-state index contributed by atoms with van der Waals surface area (Å²) in [5, 5.41) is 27.2. The van der Waals surface area contributed by atoms with E-state index in [0.717, 1.165) is 31.4 Å². The van der Waals surface area contributed by atoms with Crippen LogP contribution in [0.4, 0.5) is 11.4 Å². The van der Waals surface area contributed by atoms with Crippen LogP contribution in [0.3, 0.4) is 0 Å². The van der Waals surface area contributed by atoms with Gasteiger partial charge in [-0.3, -0.25) is 19.9 Å². The monoisotopic (exact) mass is 426 g/mol. The molecule has 31 heavy (non-hydrogen) atoms. The maximum atomic E-state index is 12.7. The quantitative estimate of drug-likeness (QED) is 0.408. The van der Waals surface area contributed by atoms with Crippen LogP contribution < -0.4 is 10.6 Å². The van der Waals surface area contributed by atoms with Crippen molar-refractivity contribution in [3.63, 3.8) is 0 Å². The van der Waals surface area contributed by atoms with E-state index in [0.29, 0.717) is 18.7 Å². The van der Waals surface area contributed by atoms with E-state index >= 15 is 0 Å². The number of aromatic nitrogens is 1. The summed E-state index contributed by atoms with van der Waals surface area (Å²) in [5.74, 6) is -0.338. The summed E-state index contributed by atoms with van der Waals surface area (Å²) >= 11 is 0. The summed E-state index contributed by atoms with van der Waals surface area (Å²) in [6.45, 7) is 2.44. The summed E-state index contributed by atoms with van der Waals surface area (Å²) in [4.78, 5) is 28.2. The SMILES string of the molecule is C[C@H](Nc1ccc(C(=O)NCC2(CCO)CCCCC2)cc1[N+](=O)[O-])c1ccccn1. The molecule has 3 N–H and O–H groups in total. The molecule has 3 rings (SSSR count). The van der Waals surface area contributed by atoms with Crippen LogP contribution in [0.15, 0.2) is 42.6 Å². The van der Waals surface area contributed by atoms with E-state index < -0.39 is 4.92 Å². The molecule has 1 amide bonds. The van der Waals surface area contributed by atoms with Gasteiger partial charge in [-0.1, -0.05) is 25.3 Å². The van der Waals surface area contributed by atoms with Crippen molar-refractivity contribution in [1.82, 2.24) is 10.3 Å². The lowest BCUT2D eigenvalue weighted by atomic mass is 9.72. The van der Waals surface area contributed by atoms with Gasteiger partial charge >= 0.3 is 0 Å². The van der Waals surface area contributed by atoms with Gasteiger partial charge in [-0.05, 0) is 55.9 Å². The minimum absolute atomic E-state index is 0.0891. The van der Waals surface area contributed by atoms with Crippen molar-refractivity contribution >= 4 is 17.3 Å². The predicted octanol–water partition coefficient (Wildman–Crippen LogP) is 4.23. The molecule has 1 heterocycles. The molecule has 2 aromatic rings. The minimum Gasteiger partial charge on any atom is -0.396 e. The van der Waals surface area contributed by atoms with Crippen LogP contribution in [0.5, 0.6) is 0 Å². The van der Waals surface area contributed by atoms with E-state index in [1.54, 1.807) is 18.3 Å². The Morgan fingerprint density at radius 1 is 1.26 bits per heavy atom. The average molecular weight is 427 g/mol.